The van der Waals surface area contributed by atoms with Crippen LogP contribution in [0.25, 0.3) is 0 Å². The number of benzene rings is 1. The number of aromatic nitrogens is 2. The van der Waals surface area contributed by atoms with Gasteiger partial charge < -0.3 is 74.4 Å². The quantitative estimate of drug-likeness (QED) is 0.0177. The zero-order valence-corrected chi connectivity index (χ0v) is 37.1. The van der Waals surface area contributed by atoms with E-state index in [1.54, 1.807) is 6.26 Å². The highest BCUT2D eigenvalue weighted by atomic mass is 33.1. The summed E-state index contributed by atoms with van der Waals surface area (Å²) in [5, 5.41) is 65.2. The number of guanidine groups is 1. The Balaban J connectivity index is 1.64. The zero-order valence-electron chi connectivity index (χ0n) is 35.5. The number of fused-ring (bicyclic) bond motifs is 1. The number of carboxylic acid groups (broad SMARTS) is 4. The zero-order chi connectivity index (χ0) is 49.8. The second-order valence-corrected chi connectivity index (χ2v) is 16.9. The molecule has 0 bridgehead atoms. The van der Waals surface area contributed by atoms with Crippen LogP contribution in [-0.2, 0) is 38.4 Å². The number of H-pyrrole nitrogens is 1. The maximum absolute atomic E-state index is 13.5. The number of carbonyl (C=O) groups is 9. The summed E-state index contributed by atoms with van der Waals surface area (Å²) in [6.45, 7) is 0.225. The van der Waals surface area contributed by atoms with Gasteiger partial charge in [-0.3, -0.25) is 48.7 Å². The number of carbonyl (C=O) groups excluding carboxylic acids is 5. The Morgan fingerprint density at radius 3 is 1.97 bits per heavy atom. The van der Waals surface area contributed by atoms with E-state index in [2.05, 4.69) is 57.5 Å². The number of nitrogens with zero attached hydrogens (tertiary/aromatic N) is 2. The Morgan fingerprint density at radius 2 is 1.39 bits per heavy atom. The minimum Gasteiger partial charge on any atom is -0.481 e. The first kappa shape index (κ1) is 53.7. The lowest BCUT2D eigenvalue weighted by atomic mass is 10.1. The molecule has 0 radical (unpaired) electrons. The van der Waals surface area contributed by atoms with Gasteiger partial charge in [-0.05, 0) is 49.8 Å². The lowest BCUT2D eigenvalue weighted by Gasteiger charge is -2.25. The van der Waals surface area contributed by atoms with Gasteiger partial charge in [0.05, 0.1) is 18.9 Å². The van der Waals surface area contributed by atoms with Gasteiger partial charge in [-0.25, -0.2) is 14.6 Å². The molecule has 1 unspecified atom stereocenters. The van der Waals surface area contributed by atoms with E-state index in [0.29, 0.717) is 5.69 Å². The normalized spacial score (nSPS) is 14.7. The molecule has 30 heteroatoms. The largest absolute Gasteiger partial charge is 0.481 e. The van der Waals surface area contributed by atoms with Crippen molar-refractivity contribution < 1.29 is 63.6 Å². The van der Waals surface area contributed by atoms with Gasteiger partial charge in [-0.2, -0.15) is 4.98 Å². The van der Waals surface area contributed by atoms with Crippen LogP contribution in [-0.4, -0.2) is 157 Å². The molecule has 5 amide bonds. The smallest absolute Gasteiger partial charge is 0.327 e. The molecule has 1 aliphatic rings. The number of amides is 5. The SMILES string of the molecule is CSSC[C@H](NC(=O)[C@H](CC(=O)O)NC(=O)[C@H](CCCNC(=N)N)NC(=O)[C@H](CC(=O)O)NC(=O)CC[C@H](NC(=O)c1ccc(NCC2C=Nc3nc(N)[nH]c(=O)c3N2)cc1)C(=O)O)C(=O)O. The molecule has 0 saturated carbocycles. The van der Waals surface area contributed by atoms with Gasteiger partial charge in [-0.1, -0.05) is 21.6 Å². The lowest BCUT2D eigenvalue weighted by molar-refractivity contribution is -0.143. The molecule has 0 fully saturated rings. The van der Waals surface area contributed by atoms with Crippen molar-refractivity contribution in [3.05, 3.63) is 40.2 Å². The average Bonchev–Trinajstić information content (AvgIpc) is 3.25. The number of nitrogens with two attached hydrogens (primary N) is 2. The summed E-state index contributed by atoms with van der Waals surface area (Å²) in [5.74, 6) is -12.1. The van der Waals surface area contributed by atoms with Crippen LogP contribution in [0.2, 0.25) is 0 Å². The molecule has 2 aromatic rings. The van der Waals surface area contributed by atoms with Gasteiger partial charge in [0.15, 0.2) is 11.8 Å². The highest BCUT2D eigenvalue weighted by Crippen LogP contribution is 2.22. The summed E-state index contributed by atoms with van der Waals surface area (Å²) in [6.07, 6.45) is -0.337. The fourth-order valence-corrected chi connectivity index (χ4v) is 7.21. The highest BCUT2D eigenvalue weighted by Gasteiger charge is 2.33. The standard InChI is InChI=1S/C37H50N14O14S2/c1-66-67-15-23(35(64)65)49-32(60)22(12-26(55)56)48-30(58)19(3-2-10-41-36(38)39)46-31(59)21(11-25(53)54)45-24(52)9-8-20(34(62)63)47-29(57)16-4-6-17(7-5-16)42-13-18-14-43-28-27(44-18)33(61)51-37(40)50-28/h4-7,14,18-23,42,44H,2-3,8-13,15H2,1H3,(H,45,52)(H,46,59)(H,47,57)(H,48,58)(H,49,60)(H,53,54)(H,55,56)(H,62,63)(H,64,65)(H4,38,39,41)(H3,40,50,51,61)/t18?,19-,20-,21-,22-,23-/m0/s1. The van der Waals surface area contributed by atoms with Crippen molar-refractivity contribution >= 4 is 110 Å². The maximum Gasteiger partial charge on any atom is 0.327 e. The third kappa shape index (κ3) is 18.4. The van der Waals surface area contributed by atoms with Crippen molar-refractivity contribution in [2.75, 3.05) is 41.5 Å². The molecule has 3 rings (SSSR count). The molecule has 67 heavy (non-hydrogen) atoms. The second kappa shape index (κ2) is 26.4. The number of anilines is 3. The van der Waals surface area contributed by atoms with Crippen molar-refractivity contribution in [3.63, 3.8) is 0 Å². The lowest BCUT2D eigenvalue weighted by Crippen LogP contribution is -2.58. The van der Waals surface area contributed by atoms with E-state index in [1.807, 2.05) is 0 Å². The van der Waals surface area contributed by atoms with Crippen LogP contribution in [0.5, 0.6) is 0 Å². The van der Waals surface area contributed by atoms with E-state index in [0.717, 1.165) is 10.8 Å². The number of aromatic amines is 1. The van der Waals surface area contributed by atoms with Gasteiger partial charge >= 0.3 is 23.9 Å². The van der Waals surface area contributed by atoms with Crippen LogP contribution in [0.4, 0.5) is 23.1 Å². The minimum absolute atomic E-state index is 0.00289. The van der Waals surface area contributed by atoms with E-state index >= 15 is 0 Å². The fraction of sp³-hybridized carbons (Fsp3) is 0.432. The summed E-state index contributed by atoms with van der Waals surface area (Å²) >= 11 is 0. The van der Waals surface area contributed by atoms with Crippen molar-refractivity contribution in [1.29, 1.82) is 5.41 Å². The van der Waals surface area contributed by atoms with Crippen LogP contribution < -0.4 is 59.6 Å². The third-order valence-corrected chi connectivity index (χ3v) is 11.0. The fourth-order valence-electron chi connectivity index (χ4n) is 5.89. The second-order valence-electron chi connectivity index (χ2n) is 14.3. The highest BCUT2D eigenvalue weighted by molar-refractivity contribution is 8.76. The van der Waals surface area contributed by atoms with Crippen molar-refractivity contribution in [1.82, 2.24) is 41.9 Å². The number of rotatable bonds is 28. The van der Waals surface area contributed by atoms with Gasteiger partial charge in [0.2, 0.25) is 29.6 Å². The van der Waals surface area contributed by atoms with Gasteiger partial charge in [0, 0.05) is 42.7 Å². The molecule has 6 atom stereocenters. The summed E-state index contributed by atoms with van der Waals surface area (Å²) in [4.78, 5) is 136. The molecular weight excluding hydrogens is 929 g/mol. The number of aliphatic carboxylic acids is 4. The number of nitrogen functional groups attached to an aromatic ring is 1. The van der Waals surface area contributed by atoms with Gasteiger partial charge in [-0.15, -0.1) is 0 Å². The van der Waals surface area contributed by atoms with E-state index in [4.69, 9.17) is 16.9 Å². The first-order chi connectivity index (χ1) is 31.7. The topological polar surface area (TPSA) is 465 Å². The predicted molar refractivity (Wildman–Crippen MR) is 243 cm³/mol. The maximum atomic E-state index is 13.5. The van der Waals surface area contributed by atoms with Crippen molar-refractivity contribution in [2.24, 2.45) is 10.7 Å². The molecule has 1 aromatic carbocycles. The molecule has 18 N–H and O–H groups in total. The first-order valence-corrected chi connectivity index (χ1v) is 22.6. The van der Waals surface area contributed by atoms with E-state index in [9.17, 15) is 68.4 Å². The minimum atomic E-state index is -1.87. The molecule has 364 valence electrons. The Morgan fingerprint density at radius 1 is 0.806 bits per heavy atom. The number of hydrogen-bond acceptors (Lipinski definition) is 18. The van der Waals surface area contributed by atoms with Crippen LogP contribution in [0.1, 0.15) is 48.9 Å². The monoisotopic (exact) mass is 978 g/mol. The summed E-state index contributed by atoms with van der Waals surface area (Å²) < 4.78 is 0. The Kier molecular flexibility index (Phi) is 21.1. The average molecular weight is 979 g/mol. The number of aliphatic imine (C=N–C) groups is 1. The Bertz CT molecular complexity index is 2260. The third-order valence-electron chi connectivity index (χ3n) is 9.19. The van der Waals surface area contributed by atoms with Gasteiger partial charge in [0.25, 0.3) is 11.5 Å². The summed E-state index contributed by atoms with van der Waals surface area (Å²) in [6, 6.07) is -3.06. The van der Waals surface area contributed by atoms with E-state index in [1.165, 1.54) is 41.3 Å². The van der Waals surface area contributed by atoms with Crippen molar-refractivity contribution in [2.45, 2.75) is 74.8 Å². The van der Waals surface area contributed by atoms with Crippen molar-refractivity contribution in [3.8, 4) is 0 Å². The summed E-state index contributed by atoms with van der Waals surface area (Å²) in [7, 11) is 2.28. The number of carboxylic acids is 4. The van der Waals surface area contributed by atoms with Crippen LogP contribution in [0.3, 0.4) is 0 Å². The van der Waals surface area contributed by atoms with E-state index in [-0.39, 0.29) is 54.7 Å². The molecule has 1 aliphatic heterocycles. The summed E-state index contributed by atoms with van der Waals surface area (Å²) in [5.41, 5.74) is 11.1. The van der Waals surface area contributed by atoms with E-state index < -0.39 is 127 Å². The first-order valence-electron chi connectivity index (χ1n) is 19.9. The molecule has 28 nitrogen and oxygen atoms in total. The molecule has 0 aliphatic carbocycles. The predicted octanol–water partition coefficient (Wildman–Crippen LogP) is -2.83. The number of hydrogen-bond donors (Lipinski definition) is 16. The van der Waals surface area contributed by atoms with Crippen LogP contribution in [0.15, 0.2) is 34.1 Å². The molecule has 1 aromatic heterocycles. The molecule has 0 saturated heterocycles. The van der Waals surface area contributed by atoms with Gasteiger partial charge in [0.1, 0.15) is 35.9 Å². The Hall–Kier alpha value is -7.63. The van der Waals surface area contributed by atoms with Crippen LogP contribution >= 0.6 is 21.6 Å². The molecular formula is C37H50N14O14S2. The molecule has 0 spiro atoms. The number of nitrogens with one attached hydrogen (secondary N) is 10. The molecule has 2 heterocycles. The van der Waals surface area contributed by atoms with Crippen LogP contribution in [0, 0.1) is 5.41 Å². The Labute approximate surface area is 387 Å².